The van der Waals surface area contributed by atoms with Gasteiger partial charge in [0.15, 0.2) is 0 Å². The van der Waals surface area contributed by atoms with Crippen molar-refractivity contribution >= 4 is 11.6 Å². The topological polar surface area (TPSA) is 54.3 Å². The van der Waals surface area contributed by atoms with E-state index in [1.165, 1.54) is 12.1 Å². The molecule has 0 bridgehead atoms. The van der Waals surface area contributed by atoms with Gasteiger partial charge < -0.3 is 15.1 Å². The lowest BCUT2D eigenvalue weighted by Crippen LogP contribution is -2.29. The number of carbonyl (C=O) groups is 1. The molecule has 4 nitrogen and oxygen atoms in total. The van der Waals surface area contributed by atoms with Crippen LogP contribution in [0.25, 0.3) is 0 Å². The summed E-state index contributed by atoms with van der Waals surface area (Å²) in [6, 6.07) is 9.80. The number of anilines is 1. The van der Waals surface area contributed by atoms with Crippen LogP contribution in [0.2, 0.25) is 0 Å². The van der Waals surface area contributed by atoms with E-state index < -0.39 is 12.1 Å². The predicted molar refractivity (Wildman–Crippen MR) is 70.4 cm³/mol. The average Bonchev–Trinajstić information content (AvgIpc) is 2.91. The lowest BCUT2D eigenvalue weighted by molar-refractivity contribution is -0.167. The van der Waals surface area contributed by atoms with E-state index in [-0.39, 0.29) is 5.69 Å². The Hall–Kier alpha value is -2.28. The van der Waals surface area contributed by atoms with E-state index in [4.69, 9.17) is 4.42 Å². The Morgan fingerprint density at radius 1 is 1.14 bits per heavy atom. The molecule has 7 heteroatoms. The lowest BCUT2D eigenvalue weighted by Gasteiger charge is -2.09. The van der Waals surface area contributed by atoms with Crippen molar-refractivity contribution in [3.05, 3.63) is 54.0 Å². The standard InChI is InChI=1S/C14H13F3N2O2/c15-14(16,17)13(20)19-11-4-1-3-10(7-11)8-18-9-12-5-2-6-21-12/h1-7,18H,8-9H2,(H,19,20). The van der Waals surface area contributed by atoms with Crippen LogP contribution in [0.15, 0.2) is 47.1 Å². The van der Waals surface area contributed by atoms with E-state index in [1.54, 1.807) is 24.5 Å². The predicted octanol–water partition coefficient (Wildman–Crippen LogP) is 3.07. The second-order valence-corrected chi connectivity index (χ2v) is 4.34. The highest BCUT2D eigenvalue weighted by Gasteiger charge is 2.38. The van der Waals surface area contributed by atoms with Crippen LogP contribution in [0.5, 0.6) is 0 Å². The van der Waals surface area contributed by atoms with Crippen molar-refractivity contribution in [2.24, 2.45) is 0 Å². The molecular weight excluding hydrogens is 285 g/mol. The quantitative estimate of drug-likeness (QED) is 0.892. The summed E-state index contributed by atoms with van der Waals surface area (Å²) in [5, 5.41) is 4.90. The summed E-state index contributed by atoms with van der Waals surface area (Å²) in [6.45, 7) is 0.947. The van der Waals surface area contributed by atoms with Crippen molar-refractivity contribution in [2.45, 2.75) is 19.3 Å². The van der Waals surface area contributed by atoms with Gasteiger partial charge in [0.25, 0.3) is 0 Å². The normalized spacial score (nSPS) is 11.4. The van der Waals surface area contributed by atoms with Gasteiger partial charge in [0.05, 0.1) is 12.8 Å². The zero-order chi connectivity index (χ0) is 15.3. The largest absolute Gasteiger partial charge is 0.471 e. The van der Waals surface area contributed by atoms with Crippen LogP contribution in [0.3, 0.4) is 0 Å². The zero-order valence-corrected chi connectivity index (χ0v) is 10.9. The molecule has 2 N–H and O–H groups in total. The monoisotopic (exact) mass is 298 g/mol. The number of nitrogens with one attached hydrogen (secondary N) is 2. The summed E-state index contributed by atoms with van der Waals surface area (Å²) in [5.74, 6) is -1.22. The highest BCUT2D eigenvalue weighted by molar-refractivity contribution is 5.94. The summed E-state index contributed by atoms with van der Waals surface area (Å²) in [4.78, 5) is 10.9. The number of alkyl halides is 3. The number of benzene rings is 1. The van der Waals surface area contributed by atoms with Crippen molar-refractivity contribution in [2.75, 3.05) is 5.32 Å². The third-order valence-corrected chi connectivity index (χ3v) is 2.65. The zero-order valence-electron chi connectivity index (χ0n) is 10.9. The fourth-order valence-electron chi connectivity index (χ4n) is 1.70. The van der Waals surface area contributed by atoms with E-state index in [1.807, 2.05) is 11.4 Å². The van der Waals surface area contributed by atoms with Gasteiger partial charge in [-0.1, -0.05) is 12.1 Å². The first-order valence-electron chi connectivity index (χ1n) is 6.15. The fourth-order valence-corrected chi connectivity index (χ4v) is 1.70. The molecule has 2 rings (SSSR count). The molecule has 1 aromatic carbocycles. The van der Waals surface area contributed by atoms with Gasteiger partial charge in [-0.25, -0.2) is 0 Å². The third kappa shape index (κ3) is 4.64. The van der Waals surface area contributed by atoms with E-state index >= 15 is 0 Å². The number of halogens is 3. The van der Waals surface area contributed by atoms with E-state index in [9.17, 15) is 18.0 Å². The summed E-state index contributed by atoms with van der Waals surface area (Å²) in [5.41, 5.74) is 0.858. The number of hydrogen-bond donors (Lipinski definition) is 2. The molecular formula is C14H13F3N2O2. The maximum Gasteiger partial charge on any atom is 0.471 e. The summed E-state index contributed by atoms with van der Waals surface area (Å²) in [6.07, 6.45) is -3.34. The molecule has 1 aromatic heterocycles. The van der Waals surface area contributed by atoms with Gasteiger partial charge >= 0.3 is 12.1 Å². The second-order valence-electron chi connectivity index (χ2n) is 4.34. The number of amides is 1. The molecule has 0 aliphatic rings. The summed E-state index contributed by atoms with van der Waals surface area (Å²) >= 11 is 0. The van der Waals surface area contributed by atoms with E-state index in [2.05, 4.69) is 5.32 Å². The molecule has 1 heterocycles. The van der Waals surface area contributed by atoms with Crippen LogP contribution < -0.4 is 10.6 Å². The van der Waals surface area contributed by atoms with E-state index in [0.29, 0.717) is 13.1 Å². The first-order valence-corrected chi connectivity index (χ1v) is 6.15. The summed E-state index contributed by atoms with van der Waals surface area (Å²) in [7, 11) is 0. The minimum absolute atomic E-state index is 0.106. The lowest BCUT2D eigenvalue weighted by atomic mass is 10.2. The van der Waals surface area contributed by atoms with Crippen molar-refractivity contribution in [3.63, 3.8) is 0 Å². The Balaban J connectivity index is 1.90. The molecule has 2 aromatic rings. The van der Waals surface area contributed by atoms with Crippen LogP contribution in [0.4, 0.5) is 18.9 Å². The Labute approximate surface area is 119 Å². The van der Waals surface area contributed by atoms with Gasteiger partial charge in [0, 0.05) is 12.2 Å². The van der Waals surface area contributed by atoms with Crippen LogP contribution in [-0.2, 0) is 17.9 Å². The molecule has 112 valence electrons. The minimum Gasteiger partial charge on any atom is -0.468 e. The van der Waals surface area contributed by atoms with Gasteiger partial charge in [-0.05, 0) is 29.8 Å². The van der Waals surface area contributed by atoms with Crippen LogP contribution >= 0.6 is 0 Å². The molecule has 1 amide bonds. The molecule has 0 spiro atoms. The van der Waals surface area contributed by atoms with E-state index in [0.717, 1.165) is 11.3 Å². The SMILES string of the molecule is O=C(Nc1cccc(CNCc2ccco2)c1)C(F)(F)F. The maximum absolute atomic E-state index is 12.2. The van der Waals surface area contributed by atoms with Gasteiger partial charge in [-0.15, -0.1) is 0 Å². The summed E-state index contributed by atoms with van der Waals surface area (Å²) < 4.78 is 41.6. The number of carbonyl (C=O) groups excluding carboxylic acids is 1. The van der Waals surface area contributed by atoms with Gasteiger partial charge in [0.1, 0.15) is 5.76 Å². The minimum atomic E-state index is -4.90. The average molecular weight is 298 g/mol. The Kier molecular flexibility index (Phi) is 4.64. The highest BCUT2D eigenvalue weighted by atomic mass is 19.4. The first-order chi connectivity index (χ1) is 9.95. The van der Waals surface area contributed by atoms with Crippen LogP contribution in [0.1, 0.15) is 11.3 Å². The first kappa shape index (κ1) is 15.1. The molecule has 0 aliphatic carbocycles. The highest BCUT2D eigenvalue weighted by Crippen LogP contribution is 2.18. The van der Waals surface area contributed by atoms with Gasteiger partial charge in [-0.2, -0.15) is 13.2 Å². The van der Waals surface area contributed by atoms with Crippen molar-refractivity contribution in [1.82, 2.24) is 5.32 Å². The maximum atomic E-state index is 12.2. The smallest absolute Gasteiger partial charge is 0.468 e. The third-order valence-electron chi connectivity index (χ3n) is 2.65. The Morgan fingerprint density at radius 3 is 2.62 bits per heavy atom. The van der Waals surface area contributed by atoms with Gasteiger partial charge in [0.2, 0.25) is 0 Å². The number of furan rings is 1. The Morgan fingerprint density at radius 2 is 1.95 bits per heavy atom. The molecule has 21 heavy (non-hydrogen) atoms. The number of rotatable bonds is 5. The molecule has 0 aliphatic heterocycles. The molecule has 0 atom stereocenters. The number of hydrogen-bond acceptors (Lipinski definition) is 3. The van der Waals surface area contributed by atoms with Gasteiger partial charge in [-0.3, -0.25) is 4.79 Å². The van der Waals surface area contributed by atoms with Crippen LogP contribution in [-0.4, -0.2) is 12.1 Å². The second kappa shape index (κ2) is 6.45. The Bertz CT molecular complexity index is 595. The molecule has 0 saturated heterocycles. The van der Waals surface area contributed by atoms with Crippen molar-refractivity contribution in [3.8, 4) is 0 Å². The molecule has 0 unspecified atom stereocenters. The van der Waals surface area contributed by atoms with Crippen molar-refractivity contribution in [1.29, 1.82) is 0 Å². The van der Waals surface area contributed by atoms with Crippen LogP contribution in [0, 0.1) is 0 Å². The fraction of sp³-hybridized carbons (Fsp3) is 0.214. The molecule has 0 radical (unpaired) electrons. The van der Waals surface area contributed by atoms with Crippen molar-refractivity contribution < 1.29 is 22.4 Å². The molecule has 0 saturated carbocycles. The molecule has 0 fully saturated rings.